The lowest BCUT2D eigenvalue weighted by Gasteiger charge is -2.13. The van der Waals surface area contributed by atoms with Gasteiger partial charge in [0.1, 0.15) is 5.52 Å². The molecule has 7 nitrogen and oxygen atoms in total. The first-order valence-corrected chi connectivity index (χ1v) is 6.42. The first-order chi connectivity index (χ1) is 9.52. The lowest BCUT2D eigenvalue weighted by Crippen LogP contribution is -2.28. The molecule has 0 spiro atoms. The number of aryl methyl sites for hydroxylation is 2. The number of fused-ring (bicyclic) bond motifs is 1. The second kappa shape index (κ2) is 5.87. The Balaban J connectivity index is 2.19. The Morgan fingerprint density at radius 1 is 1.50 bits per heavy atom. The SMILES string of the molecule is CCOC(CCn1ccn2nc(C)cc2c1=O)C(=O)O. The quantitative estimate of drug-likeness (QED) is 0.840. The largest absolute Gasteiger partial charge is 0.479 e. The molecule has 2 aromatic heterocycles. The summed E-state index contributed by atoms with van der Waals surface area (Å²) in [6, 6.07) is 1.70. The Hall–Kier alpha value is -2.15. The molecule has 1 atom stereocenters. The molecule has 0 amide bonds. The van der Waals surface area contributed by atoms with Crippen molar-refractivity contribution in [2.45, 2.75) is 32.9 Å². The van der Waals surface area contributed by atoms with Crippen LogP contribution in [0.5, 0.6) is 0 Å². The number of carbonyl (C=O) groups is 1. The second-order valence-electron chi connectivity index (χ2n) is 4.48. The predicted octanol–water partition coefficient (Wildman–Crippen LogP) is 0.684. The zero-order valence-corrected chi connectivity index (χ0v) is 11.4. The van der Waals surface area contributed by atoms with Crippen LogP contribution in [0.4, 0.5) is 0 Å². The van der Waals surface area contributed by atoms with Crippen LogP contribution in [0.2, 0.25) is 0 Å². The topological polar surface area (TPSA) is 85.8 Å². The molecule has 0 aliphatic carbocycles. The van der Waals surface area contributed by atoms with Crippen LogP contribution in [-0.4, -0.2) is 38.0 Å². The van der Waals surface area contributed by atoms with Gasteiger partial charge in [-0.2, -0.15) is 5.10 Å². The van der Waals surface area contributed by atoms with E-state index >= 15 is 0 Å². The molecule has 0 aliphatic rings. The molecule has 1 N–H and O–H groups in total. The van der Waals surface area contributed by atoms with Gasteiger partial charge >= 0.3 is 5.97 Å². The molecule has 7 heteroatoms. The van der Waals surface area contributed by atoms with Gasteiger partial charge in [-0.15, -0.1) is 0 Å². The van der Waals surface area contributed by atoms with Crippen LogP contribution >= 0.6 is 0 Å². The van der Waals surface area contributed by atoms with Crippen molar-refractivity contribution in [2.24, 2.45) is 0 Å². The van der Waals surface area contributed by atoms with Gasteiger partial charge in [0.15, 0.2) is 6.10 Å². The third kappa shape index (κ3) is 2.88. The van der Waals surface area contributed by atoms with Crippen LogP contribution in [-0.2, 0) is 16.1 Å². The lowest BCUT2D eigenvalue weighted by atomic mass is 10.2. The van der Waals surface area contributed by atoms with Gasteiger partial charge in [0.05, 0.1) is 5.69 Å². The summed E-state index contributed by atoms with van der Waals surface area (Å²) in [5.74, 6) is -1.01. The van der Waals surface area contributed by atoms with Gasteiger partial charge in [-0.25, -0.2) is 9.31 Å². The summed E-state index contributed by atoms with van der Waals surface area (Å²) in [7, 11) is 0. The highest BCUT2D eigenvalue weighted by atomic mass is 16.5. The standard InChI is InChI=1S/C13H17N3O4/c1-3-20-11(13(18)19)4-5-15-6-7-16-10(12(15)17)8-9(2)14-16/h6-8,11H,3-5H2,1-2H3,(H,18,19). The van der Waals surface area contributed by atoms with E-state index in [2.05, 4.69) is 5.10 Å². The van der Waals surface area contributed by atoms with Crippen LogP contribution in [0.1, 0.15) is 19.0 Å². The molecule has 0 bridgehead atoms. The van der Waals surface area contributed by atoms with E-state index in [-0.39, 0.29) is 18.5 Å². The first-order valence-electron chi connectivity index (χ1n) is 6.42. The number of aromatic nitrogens is 3. The van der Waals surface area contributed by atoms with E-state index in [9.17, 15) is 9.59 Å². The zero-order valence-electron chi connectivity index (χ0n) is 11.4. The zero-order chi connectivity index (χ0) is 14.7. The van der Waals surface area contributed by atoms with E-state index in [1.165, 1.54) is 9.08 Å². The summed E-state index contributed by atoms with van der Waals surface area (Å²) >= 11 is 0. The Morgan fingerprint density at radius 2 is 2.25 bits per heavy atom. The second-order valence-corrected chi connectivity index (χ2v) is 4.48. The fraction of sp³-hybridized carbons (Fsp3) is 0.462. The molecule has 0 radical (unpaired) electrons. The van der Waals surface area contributed by atoms with Crippen LogP contribution in [0.3, 0.4) is 0 Å². The van der Waals surface area contributed by atoms with Gasteiger partial charge in [0, 0.05) is 32.0 Å². The lowest BCUT2D eigenvalue weighted by molar-refractivity contribution is -0.150. The Bertz CT molecular complexity index is 674. The van der Waals surface area contributed by atoms with Gasteiger partial charge < -0.3 is 14.4 Å². The van der Waals surface area contributed by atoms with Gasteiger partial charge in [-0.05, 0) is 19.9 Å². The van der Waals surface area contributed by atoms with Gasteiger partial charge in [-0.3, -0.25) is 4.79 Å². The third-order valence-corrected chi connectivity index (χ3v) is 3.00. The molecule has 2 heterocycles. The van der Waals surface area contributed by atoms with Crippen LogP contribution in [0.15, 0.2) is 23.3 Å². The summed E-state index contributed by atoms with van der Waals surface area (Å²) < 4.78 is 8.12. The average Bonchev–Trinajstić information content (AvgIpc) is 2.78. The van der Waals surface area contributed by atoms with Gasteiger partial charge in [0.2, 0.25) is 0 Å². The minimum absolute atomic E-state index is 0.186. The molecule has 0 aromatic carbocycles. The van der Waals surface area contributed by atoms with Crippen molar-refractivity contribution in [3.63, 3.8) is 0 Å². The highest BCUT2D eigenvalue weighted by molar-refractivity contribution is 5.72. The molecule has 108 valence electrons. The van der Waals surface area contributed by atoms with E-state index in [0.29, 0.717) is 12.1 Å². The maximum Gasteiger partial charge on any atom is 0.332 e. The summed E-state index contributed by atoms with van der Waals surface area (Å²) in [4.78, 5) is 23.2. The van der Waals surface area contributed by atoms with Crippen molar-refractivity contribution in [3.8, 4) is 0 Å². The average molecular weight is 279 g/mol. The first kappa shape index (κ1) is 14.3. The van der Waals surface area contributed by atoms with E-state index in [1.54, 1.807) is 25.4 Å². The number of nitrogens with zero attached hydrogens (tertiary/aromatic N) is 3. The maximum absolute atomic E-state index is 12.2. The van der Waals surface area contributed by atoms with Crippen LogP contribution in [0.25, 0.3) is 5.52 Å². The van der Waals surface area contributed by atoms with Crippen molar-refractivity contribution in [2.75, 3.05) is 6.61 Å². The highest BCUT2D eigenvalue weighted by Crippen LogP contribution is 2.03. The van der Waals surface area contributed by atoms with Crippen molar-refractivity contribution in [1.29, 1.82) is 0 Å². The molecular weight excluding hydrogens is 262 g/mol. The fourth-order valence-electron chi connectivity index (χ4n) is 2.06. The summed E-state index contributed by atoms with van der Waals surface area (Å²) in [6.45, 7) is 4.17. The number of hydrogen-bond acceptors (Lipinski definition) is 4. The highest BCUT2D eigenvalue weighted by Gasteiger charge is 2.17. The maximum atomic E-state index is 12.2. The predicted molar refractivity (Wildman–Crippen MR) is 71.9 cm³/mol. The van der Waals surface area contributed by atoms with Gasteiger partial charge in [0.25, 0.3) is 5.56 Å². The summed E-state index contributed by atoms with van der Waals surface area (Å²) in [5, 5.41) is 13.2. The Labute approximate surface area is 115 Å². The van der Waals surface area contributed by atoms with Crippen LogP contribution < -0.4 is 5.56 Å². The number of rotatable bonds is 6. The summed E-state index contributed by atoms with van der Waals surface area (Å²) in [6.07, 6.45) is 2.63. The minimum atomic E-state index is -1.01. The molecule has 0 saturated heterocycles. The molecule has 2 aromatic rings. The van der Waals surface area contributed by atoms with E-state index in [4.69, 9.17) is 9.84 Å². The number of ether oxygens (including phenoxy) is 1. The van der Waals surface area contributed by atoms with Crippen molar-refractivity contribution in [1.82, 2.24) is 14.2 Å². The minimum Gasteiger partial charge on any atom is -0.479 e. The smallest absolute Gasteiger partial charge is 0.332 e. The van der Waals surface area contributed by atoms with Crippen LogP contribution in [0, 0.1) is 6.92 Å². The molecule has 2 rings (SSSR count). The van der Waals surface area contributed by atoms with Crippen molar-refractivity contribution >= 4 is 11.5 Å². The third-order valence-electron chi connectivity index (χ3n) is 3.00. The van der Waals surface area contributed by atoms with E-state index < -0.39 is 12.1 Å². The molecule has 0 aliphatic heterocycles. The fourth-order valence-corrected chi connectivity index (χ4v) is 2.06. The number of carboxylic acids is 1. The molecule has 0 saturated carbocycles. The number of carboxylic acid groups (broad SMARTS) is 1. The monoisotopic (exact) mass is 279 g/mol. The Kier molecular flexibility index (Phi) is 4.19. The molecule has 1 unspecified atom stereocenters. The van der Waals surface area contributed by atoms with E-state index in [0.717, 1.165) is 5.69 Å². The van der Waals surface area contributed by atoms with Crippen molar-refractivity contribution in [3.05, 3.63) is 34.5 Å². The molecule has 0 fully saturated rings. The number of hydrogen-bond donors (Lipinski definition) is 1. The van der Waals surface area contributed by atoms with Crippen molar-refractivity contribution < 1.29 is 14.6 Å². The van der Waals surface area contributed by atoms with Gasteiger partial charge in [-0.1, -0.05) is 0 Å². The van der Waals surface area contributed by atoms with E-state index in [1.807, 2.05) is 6.92 Å². The molecular formula is C13H17N3O4. The summed E-state index contributed by atoms with van der Waals surface area (Å²) in [5.41, 5.74) is 1.06. The Morgan fingerprint density at radius 3 is 2.90 bits per heavy atom. The molecule has 20 heavy (non-hydrogen) atoms. The number of aliphatic carboxylic acids is 1. The normalized spacial score (nSPS) is 12.7.